The fourth-order valence-electron chi connectivity index (χ4n) is 1.32. The number of primary amides is 1. The van der Waals surface area contributed by atoms with Gasteiger partial charge in [0.05, 0.1) is 5.02 Å². The highest BCUT2D eigenvalue weighted by molar-refractivity contribution is 7.89. The number of benzene rings is 1. The van der Waals surface area contributed by atoms with Gasteiger partial charge in [-0.2, -0.15) is 0 Å². The predicted octanol–water partition coefficient (Wildman–Crippen LogP) is 0.177. The normalized spacial score (nSPS) is 11.3. The van der Waals surface area contributed by atoms with E-state index in [0.717, 1.165) is 0 Å². The SMILES string of the molecule is Cc1cc(Cl)c(S(=O)(=O)NCCNC(N)=O)cc1N. The summed E-state index contributed by atoms with van der Waals surface area (Å²) in [7, 11) is -3.78. The van der Waals surface area contributed by atoms with E-state index in [2.05, 4.69) is 10.0 Å². The number of halogens is 1. The molecule has 0 saturated heterocycles. The molecule has 6 N–H and O–H groups in total. The van der Waals surface area contributed by atoms with Crippen molar-refractivity contribution in [3.8, 4) is 0 Å². The number of anilines is 1. The van der Waals surface area contributed by atoms with Crippen molar-refractivity contribution in [1.82, 2.24) is 10.0 Å². The Labute approximate surface area is 116 Å². The number of nitrogen functional groups attached to an aromatic ring is 1. The van der Waals surface area contributed by atoms with E-state index >= 15 is 0 Å². The first-order valence-electron chi connectivity index (χ1n) is 5.32. The number of aryl methyl sites for hydroxylation is 1. The first-order valence-corrected chi connectivity index (χ1v) is 7.18. The van der Waals surface area contributed by atoms with E-state index in [9.17, 15) is 13.2 Å². The second kappa shape index (κ2) is 6.09. The van der Waals surface area contributed by atoms with Gasteiger partial charge >= 0.3 is 6.03 Å². The van der Waals surface area contributed by atoms with Crippen LogP contribution in [0.3, 0.4) is 0 Å². The van der Waals surface area contributed by atoms with Gasteiger partial charge in [0.2, 0.25) is 10.0 Å². The van der Waals surface area contributed by atoms with Gasteiger partial charge in [0.1, 0.15) is 4.90 Å². The molecule has 1 aromatic carbocycles. The van der Waals surface area contributed by atoms with E-state index in [-0.39, 0.29) is 23.0 Å². The highest BCUT2D eigenvalue weighted by Crippen LogP contribution is 2.26. The third-order valence-corrected chi connectivity index (χ3v) is 4.25. The van der Waals surface area contributed by atoms with Crippen molar-refractivity contribution < 1.29 is 13.2 Å². The lowest BCUT2D eigenvalue weighted by Gasteiger charge is -2.10. The number of sulfonamides is 1. The standard InChI is InChI=1S/C10H15ClN4O3S/c1-6-4-7(11)9(5-8(6)12)19(17,18)15-3-2-14-10(13)16/h4-5,15H,2-3,12H2,1H3,(H3,13,14,16). The summed E-state index contributed by atoms with van der Waals surface area (Å²) in [4.78, 5) is 10.3. The Hall–Kier alpha value is -1.51. The topological polar surface area (TPSA) is 127 Å². The molecule has 0 aliphatic carbocycles. The zero-order valence-corrected chi connectivity index (χ0v) is 11.8. The molecule has 0 unspecified atom stereocenters. The summed E-state index contributed by atoms with van der Waals surface area (Å²) in [6.45, 7) is 1.80. The molecule has 19 heavy (non-hydrogen) atoms. The van der Waals surface area contributed by atoms with Crippen LogP contribution >= 0.6 is 11.6 Å². The van der Waals surface area contributed by atoms with Crippen LogP contribution < -0.4 is 21.5 Å². The molecule has 9 heteroatoms. The molecule has 1 rings (SSSR count). The quantitative estimate of drug-likeness (QED) is 0.457. The summed E-state index contributed by atoms with van der Waals surface area (Å²) >= 11 is 5.88. The van der Waals surface area contributed by atoms with Crippen molar-refractivity contribution in [2.75, 3.05) is 18.8 Å². The highest BCUT2D eigenvalue weighted by atomic mass is 35.5. The van der Waals surface area contributed by atoms with Gasteiger partial charge in [-0.25, -0.2) is 17.9 Å². The molecule has 0 aliphatic rings. The molecule has 0 atom stereocenters. The van der Waals surface area contributed by atoms with Crippen molar-refractivity contribution in [2.45, 2.75) is 11.8 Å². The highest BCUT2D eigenvalue weighted by Gasteiger charge is 2.18. The third kappa shape index (κ3) is 4.27. The second-order valence-corrected chi connectivity index (χ2v) is 5.97. The van der Waals surface area contributed by atoms with E-state index < -0.39 is 16.1 Å². The molecular formula is C10H15ClN4O3S. The van der Waals surface area contributed by atoms with E-state index in [1.807, 2.05) is 0 Å². The first kappa shape index (κ1) is 15.5. The number of hydrogen-bond acceptors (Lipinski definition) is 4. The summed E-state index contributed by atoms with van der Waals surface area (Å²) in [5.74, 6) is 0. The molecular weight excluding hydrogens is 292 g/mol. The van der Waals surface area contributed by atoms with Gasteiger partial charge in [-0.05, 0) is 24.6 Å². The third-order valence-electron chi connectivity index (χ3n) is 2.33. The lowest BCUT2D eigenvalue weighted by molar-refractivity contribution is 0.249. The Kier molecular flexibility index (Phi) is 4.98. The number of carbonyl (C=O) groups is 1. The van der Waals surface area contributed by atoms with Crippen LogP contribution in [0.5, 0.6) is 0 Å². The molecule has 0 heterocycles. The Morgan fingerprint density at radius 2 is 2.00 bits per heavy atom. The van der Waals surface area contributed by atoms with Crippen LogP contribution in [0.1, 0.15) is 5.56 Å². The molecule has 0 saturated carbocycles. The molecule has 0 fully saturated rings. The number of rotatable bonds is 5. The Bertz CT molecular complexity index is 589. The minimum absolute atomic E-state index is 0.00458. The monoisotopic (exact) mass is 306 g/mol. The zero-order chi connectivity index (χ0) is 14.6. The number of nitrogens with one attached hydrogen (secondary N) is 2. The number of carbonyl (C=O) groups excluding carboxylic acids is 1. The van der Waals surface area contributed by atoms with Crippen LogP contribution in [0.25, 0.3) is 0 Å². The lowest BCUT2D eigenvalue weighted by atomic mass is 10.2. The van der Waals surface area contributed by atoms with Gasteiger partial charge in [0, 0.05) is 18.8 Å². The Morgan fingerprint density at radius 3 is 2.58 bits per heavy atom. The summed E-state index contributed by atoms with van der Waals surface area (Å²) in [6, 6.07) is 2.05. The summed E-state index contributed by atoms with van der Waals surface area (Å²) < 4.78 is 26.2. The Morgan fingerprint density at radius 1 is 1.37 bits per heavy atom. The van der Waals surface area contributed by atoms with Gasteiger partial charge in [0.25, 0.3) is 0 Å². The fraction of sp³-hybridized carbons (Fsp3) is 0.300. The van der Waals surface area contributed by atoms with E-state index in [1.54, 1.807) is 6.92 Å². The van der Waals surface area contributed by atoms with Crippen LogP contribution in [0, 0.1) is 6.92 Å². The lowest BCUT2D eigenvalue weighted by Crippen LogP contribution is -2.37. The summed E-state index contributed by atoms with van der Waals surface area (Å²) in [5.41, 5.74) is 11.5. The molecule has 106 valence electrons. The second-order valence-electron chi connectivity index (χ2n) is 3.83. The molecule has 0 bridgehead atoms. The average Bonchev–Trinajstić information content (AvgIpc) is 2.29. The first-order chi connectivity index (χ1) is 8.74. The van der Waals surface area contributed by atoms with E-state index in [1.165, 1.54) is 12.1 Å². The average molecular weight is 307 g/mol. The van der Waals surface area contributed by atoms with Crippen LogP contribution in [0.15, 0.2) is 17.0 Å². The van der Waals surface area contributed by atoms with Crippen molar-refractivity contribution in [1.29, 1.82) is 0 Å². The fourth-order valence-corrected chi connectivity index (χ4v) is 2.97. The molecule has 2 amide bonds. The summed E-state index contributed by atoms with van der Waals surface area (Å²) in [6.07, 6.45) is 0. The van der Waals surface area contributed by atoms with Gasteiger partial charge in [-0.1, -0.05) is 11.6 Å². The molecule has 0 aromatic heterocycles. The number of urea groups is 1. The zero-order valence-electron chi connectivity index (χ0n) is 10.2. The number of amides is 2. The number of nitrogens with two attached hydrogens (primary N) is 2. The maximum Gasteiger partial charge on any atom is 0.312 e. The molecule has 0 radical (unpaired) electrons. The molecule has 7 nitrogen and oxygen atoms in total. The maximum atomic E-state index is 12.0. The van der Waals surface area contributed by atoms with E-state index in [0.29, 0.717) is 11.3 Å². The molecule has 0 aliphatic heterocycles. The van der Waals surface area contributed by atoms with Gasteiger partial charge < -0.3 is 16.8 Å². The van der Waals surface area contributed by atoms with Crippen LogP contribution in [0.2, 0.25) is 5.02 Å². The van der Waals surface area contributed by atoms with Crippen molar-refractivity contribution in [3.63, 3.8) is 0 Å². The smallest absolute Gasteiger partial charge is 0.312 e. The number of hydrogen-bond donors (Lipinski definition) is 4. The van der Waals surface area contributed by atoms with Crippen molar-refractivity contribution in [3.05, 3.63) is 22.7 Å². The van der Waals surface area contributed by atoms with E-state index in [4.69, 9.17) is 23.1 Å². The Balaban J connectivity index is 2.83. The van der Waals surface area contributed by atoms with Crippen molar-refractivity contribution in [2.24, 2.45) is 5.73 Å². The minimum atomic E-state index is -3.78. The van der Waals surface area contributed by atoms with Crippen molar-refractivity contribution >= 4 is 33.3 Å². The van der Waals surface area contributed by atoms with Gasteiger partial charge in [0.15, 0.2) is 0 Å². The van der Waals surface area contributed by atoms with Gasteiger partial charge in [-0.15, -0.1) is 0 Å². The summed E-state index contributed by atoms with van der Waals surface area (Å²) in [5, 5.41) is 2.34. The van der Waals surface area contributed by atoms with Crippen LogP contribution in [-0.2, 0) is 10.0 Å². The maximum absolute atomic E-state index is 12.0. The van der Waals surface area contributed by atoms with Crippen LogP contribution in [0.4, 0.5) is 10.5 Å². The predicted molar refractivity (Wildman–Crippen MR) is 73.4 cm³/mol. The van der Waals surface area contributed by atoms with Crippen LogP contribution in [-0.4, -0.2) is 27.5 Å². The molecule has 0 spiro atoms. The molecule has 1 aromatic rings. The van der Waals surface area contributed by atoms with Gasteiger partial charge in [-0.3, -0.25) is 0 Å². The minimum Gasteiger partial charge on any atom is -0.398 e. The largest absolute Gasteiger partial charge is 0.398 e.